The van der Waals surface area contributed by atoms with Gasteiger partial charge in [-0.25, -0.2) is 13.2 Å². The van der Waals surface area contributed by atoms with Crippen molar-refractivity contribution >= 4 is 22.7 Å². The van der Waals surface area contributed by atoms with Crippen molar-refractivity contribution in [2.75, 3.05) is 0 Å². The molecule has 1 atom stereocenters. The zero-order valence-electron chi connectivity index (χ0n) is 25.3. The van der Waals surface area contributed by atoms with E-state index < -0.39 is 23.1 Å². The SMILES string of the molecule is CC(C)Cc1nc2c(c(-c3ccc4c(ccn4CCc4ccc(F)c(F)c4)c3)c1C(N)=O)C(=O)NC2(C)Cc1ccc(F)cc1. The average Bonchev–Trinajstić information content (AvgIpc) is 3.50. The molecule has 1 aliphatic rings. The third-order valence-corrected chi connectivity index (χ3v) is 8.42. The number of nitrogens with two attached hydrogens (primary N) is 1. The van der Waals surface area contributed by atoms with Gasteiger partial charge in [-0.2, -0.15) is 0 Å². The number of hydrogen-bond acceptors (Lipinski definition) is 3. The van der Waals surface area contributed by atoms with Gasteiger partial charge in [0.1, 0.15) is 5.82 Å². The number of primary amides is 1. The van der Waals surface area contributed by atoms with Crippen LogP contribution in [0, 0.1) is 23.4 Å². The number of amides is 2. The van der Waals surface area contributed by atoms with E-state index in [1.807, 2.05) is 55.8 Å². The Morgan fingerprint density at radius 3 is 2.38 bits per heavy atom. The maximum atomic E-state index is 13.7. The molecule has 0 saturated heterocycles. The van der Waals surface area contributed by atoms with Gasteiger partial charge in [-0.15, -0.1) is 0 Å². The molecule has 0 fully saturated rings. The quantitative estimate of drug-likeness (QED) is 0.191. The molecule has 45 heavy (non-hydrogen) atoms. The Kier molecular flexibility index (Phi) is 7.72. The Morgan fingerprint density at radius 1 is 0.956 bits per heavy atom. The lowest BCUT2D eigenvalue weighted by Crippen LogP contribution is -2.39. The van der Waals surface area contributed by atoms with Crippen LogP contribution in [-0.4, -0.2) is 21.4 Å². The number of aryl methyl sites for hydroxylation is 2. The van der Waals surface area contributed by atoms with Crippen molar-refractivity contribution in [2.45, 2.75) is 52.1 Å². The third kappa shape index (κ3) is 5.70. The number of nitrogens with one attached hydrogen (secondary N) is 1. The molecule has 230 valence electrons. The molecule has 3 heterocycles. The number of rotatable bonds is 9. The number of hydrogen-bond donors (Lipinski definition) is 2. The number of carbonyl (C=O) groups excluding carboxylic acids is 2. The molecule has 6 rings (SSSR count). The Labute approximate surface area is 259 Å². The second-order valence-corrected chi connectivity index (χ2v) is 12.4. The lowest BCUT2D eigenvalue weighted by atomic mass is 9.84. The van der Waals surface area contributed by atoms with Gasteiger partial charge in [-0.05, 0) is 84.8 Å². The number of nitrogens with zero attached hydrogens (tertiary/aromatic N) is 2. The molecule has 2 aromatic heterocycles. The molecule has 1 unspecified atom stereocenters. The number of fused-ring (bicyclic) bond motifs is 2. The summed E-state index contributed by atoms with van der Waals surface area (Å²) in [7, 11) is 0. The zero-order valence-corrected chi connectivity index (χ0v) is 25.3. The topological polar surface area (TPSA) is 90.0 Å². The first-order chi connectivity index (χ1) is 21.4. The second kappa shape index (κ2) is 11.5. The van der Waals surface area contributed by atoms with Gasteiger partial charge in [0.15, 0.2) is 11.6 Å². The number of aromatic nitrogens is 2. The molecule has 2 amide bonds. The molecule has 0 aliphatic carbocycles. The van der Waals surface area contributed by atoms with Crippen molar-refractivity contribution in [3.63, 3.8) is 0 Å². The number of pyridine rings is 1. The van der Waals surface area contributed by atoms with Crippen molar-refractivity contribution in [1.82, 2.24) is 14.9 Å². The van der Waals surface area contributed by atoms with Gasteiger partial charge in [0, 0.05) is 35.6 Å². The highest BCUT2D eigenvalue weighted by Gasteiger charge is 2.44. The predicted molar refractivity (Wildman–Crippen MR) is 167 cm³/mol. The average molecular weight is 611 g/mol. The first kappa shape index (κ1) is 30.1. The summed E-state index contributed by atoms with van der Waals surface area (Å²) in [4.78, 5) is 31.8. The van der Waals surface area contributed by atoms with E-state index in [0.717, 1.165) is 22.5 Å². The maximum absolute atomic E-state index is 13.7. The summed E-state index contributed by atoms with van der Waals surface area (Å²) < 4.78 is 42.8. The summed E-state index contributed by atoms with van der Waals surface area (Å²) in [5, 5.41) is 3.97. The summed E-state index contributed by atoms with van der Waals surface area (Å²) in [6.45, 7) is 6.47. The normalized spacial score (nSPS) is 15.9. The van der Waals surface area contributed by atoms with Crippen LogP contribution < -0.4 is 11.1 Å². The van der Waals surface area contributed by atoms with Crippen molar-refractivity contribution in [3.05, 3.63) is 124 Å². The van der Waals surface area contributed by atoms with Gasteiger partial charge in [0.05, 0.1) is 28.1 Å². The van der Waals surface area contributed by atoms with Gasteiger partial charge in [-0.1, -0.05) is 38.1 Å². The zero-order chi connectivity index (χ0) is 32.0. The lowest BCUT2D eigenvalue weighted by molar-refractivity contribution is 0.0935. The molecular weight excluding hydrogens is 577 g/mol. The van der Waals surface area contributed by atoms with Crippen molar-refractivity contribution < 1.29 is 22.8 Å². The van der Waals surface area contributed by atoms with E-state index in [2.05, 4.69) is 5.32 Å². The smallest absolute Gasteiger partial charge is 0.254 e. The third-order valence-electron chi connectivity index (χ3n) is 8.42. The molecule has 0 spiro atoms. The summed E-state index contributed by atoms with van der Waals surface area (Å²) in [6, 6.07) is 17.7. The van der Waals surface area contributed by atoms with E-state index in [-0.39, 0.29) is 23.2 Å². The largest absolute Gasteiger partial charge is 0.366 e. The van der Waals surface area contributed by atoms with Crippen LogP contribution in [-0.2, 0) is 31.3 Å². The molecule has 9 heteroatoms. The van der Waals surface area contributed by atoms with Crippen LogP contribution in [0.25, 0.3) is 22.0 Å². The molecule has 3 N–H and O–H groups in total. The van der Waals surface area contributed by atoms with E-state index >= 15 is 0 Å². The fraction of sp³-hybridized carbons (Fsp3) is 0.250. The van der Waals surface area contributed by atoms with Gasteiger partial charge in [-0.3, -0.25) is 14.6 Å². The molecule has 0 radical (unpaired) electrons. The highest BCUT2D eigenvalue weighted by molar-refractivity contribution is 6.12. The Morgan fingerprint density at radius 2 is 1.69 bits per heavy atom. The number of benzene rings is 3. The summed E-state index contributed by atoms with van der Waals surface area (Å²) in [5.74, 6) is -2.98. The lowest BCUT2D eigenvalue weighted by Gasteiger charge is -2.26. The van der Waals surface area contributed by atoms with E-state index in [1.54, 1.807) is 18.2 Å². The van der Waals surface area contributed by atoms with Crippen LogP contribution in [0.1, 0.15) is 64.0 Å². The molecular formula is C36H33F3N4O2. The van der Waals surface area contributed by atoms with Crippen molar-refractivity contribution in [1.29, 1.82) is 0 Å². The fourth-order valence-corrected chi connectivity index (χ4v) is 6.35. The minimum Gasteiger partial charge on any atom is -0.366 e. The molecule has 0 bridgehead atoms. The van der Waals surface area contributed by atoms with E-state index in [1.165, 1.54) is 18.2 Å². The minimum atomic E-state index is -0.909. The number of halogens is 3. The fourth-order valence-electron chi connectivity index (χ4n) is 6.35. The van der Waals surface area contributed by atoms with Crippen LogP contribution in [0.3, 0.4) is 0 Å². The van der Waals surface area contributed by atoms with Gasteiger partial charge in [0.25, 0.3) is 11.8 Å². The summed E-state index contributed by atoms with van der Waals surface area (Å²) in [5.41, 5.74) is 10.2. The Balaban J connectivity index is 1.45. The van der Waals surface area contributed by atoms with Crippen LogP contribution in [0.5, 0.6) is 0 Å². The van der Waals surface area contributed by atoms with Crippen LogP contribution >= 0.6 is 0 Å². The second-order valence-electron chi connectivity index (χ2n) is 12.4. The number of carbonyl (C=O) groups is 2. The summed E-state index contributed by atoms with van der Waals surface area (Å²) in [6.07, 6.45) is 3.26. The van der Waals surface area contributed by atoms with Crippen LogP contribution in [0.15, 0.2) is 72.9 Å². The standard InChI is InChI=1S/C36H33F3N4O2/c1-20(2)16-28-31(34(40)44)30(32-33(41-28)36(3,42-35(32)45)19-22-4-8-25(37)9-5-22)24-7-11-29-23(18-24)13-15-43(29)14-12-21-6-10-26(38)27(39)17-21/h4-11,13,15,17-18,20H,12,14,16,19H2,1-3H3,(H2,40,44)(H,42,45). The molecule has 6 nitrogen and oxygen atoms in total. The highest BCUT2D eigenvalue weighted by atomic mass is 19.2. The molecule has 0 saturated carbocycles. The van der Waals surface area contributed by atoms with Crippen LogP contribution in [0.4, 0.5) is 13.2 Å². The highest BCUT2D eigenvalue weighted by Crippen LogP contribution is 2.42. The van der Waals surface area contributed by atoms with E-state index in [4.69, 9.17) is 10.7 Å². The minimum absolute atomic E-state index is 0.154. The Bertz CT molecular complexity index is 1970. The van der Waals surface area contributed by atoms with E-state index in [9.17, 15) is 22.8 Å². The van der Waals surface area contributed by atoms with Crippen molar-refractivity contribution in [3.8, 4) is 11.1 Å². The van der Waals surface area contributed by atoms with Gasteiger partial charge in [0.2, 0.25) is 0 Å². The molecule has 3 aromatic carbocycles. The molecule has 5 aromatic rings. The maximum Gasteiger partial charge on any atom is 0.254 e. The van der Waals surface area contributed by atoms with Crippen molar-refractivity contribution in [2.24, 2.45) is 11.7 Å². The van der Waals surface area contributed by atoms with Gasteiger partial charge >= 0.3 is 0 Å². The molecule has 1 aliphatic heterocycles. The first-order valence-corrected chi connectivity index (χ1v) is 14.9. The monoisotopic (exact) mass is 610 g/mol. The first-order valence-electron chi connectivity index (χ1n) is 14.9. The van der Waals surface area contributed by atoms with E-state index in [0.29, 0.717) is 59.4 Å². The summed E-state index contributed by atoms with van der Waals surface area (Å²) >= 11 is 0. The Hall–Kier alpha value is -4.92. The van der Waals surface area contributed by atoms with Crippen LogP contribution in [0.2, 0.25) is 0 Å². The van der Waals surface area contributed by atoms with Gasteiger partial charge < -0.3 is 15.6 Å². The predicted octanol–water partition coefficient (Wildman–Crippen LogP) is 6.86.